The third-order valence-corrected chi connectivity index (χ3v) is 14.2. The Morgan fingerprint density at radius 3 is 2.41 bits per heavy atom. The first-order chi connectivity index (χ1) is 10.4. The number of rotatable bonds is 1. The standard InChI is InChI=1S/C18H23Cl2OP/c19-22(20,21)17-5-12-11-3-9-4-14(12)18(7-17)10-1-8(2-10)15(9)16(18)13(11)6-17/h8-16H,1-7H2/t8?,9?,10?,11?,12-,13+,14?,15?,16?,17-,18+/m1/s1. The van der Waals surface area contributed by atoms with Gasteiger partial charge in [0.05, 0.1) is 5.16 Å². The van der Waals surface area contributed by atoms with Crippen molar-refractivity contribution < 1.29 is 4.57 Å². The summed E-state index contributed by atoms with van der Waals surface area (Å²) in [5, 5.41) is -0.188. The Morgan fingerprint density at radius 1 is 0.909 bits per heavy atom. The van der Waals surface area contributed by atoms with E-state index in [0.29, 0.717) is 5.41 Å². The van der Waals surface area contributed by atoms with E-state index >= 15 is 0 Å². The van der Waals surface area contributed by atoms with Crippen LogP contribution in [-0.2, 0) is 4.57 Å². The fourth-order valence-corrected chi connectivity index (χ4v) is 12.8. The summed E-state index contributed by atoms with van der Waals surface area (Å²) in [5.41, 5.74) is 0.526. The van der Waals surface area contributed by atoms with Crippen molar-refractivity contribution in [3.8, 4) is 0 Å². The molecule has 22 heavy (non-hydrogen) atoms. The first kappa shape index (κ1) is 13.1. The van der Waals surface area contributed by atoms with Gasteiger partial charge in [-0.25, -0.2) is 0 Å². The fourth-order valence-electron chi connectivity index (χ4n) is 10.3. The van der Waals surface area contributed by atoms with Gasteiger partial charge < -0.3 is 0 Å². The third kappa shape index (κ3) is 1.06. The molecule has 0 aromatic heterocycles. The summed E-state index contributed by atoms with van der Waals surface area (Å²) < 4.78 is 12.9. The van der Waals surface area contributed by atoms with Crippen LogP contribution in [0.15, 0.2) is 0 Å². The van der Waals surface area contributed by atoms with Gasteiger partial charge in [-0.05, 0) is 126 Å². The quantitative estimate of drug-likeness (QED) is 0.546. The molecule has 4 heteroatoms. The van der Waals surface area contributed by atoms with Crippen molar-refractivity contribution in [2.75, 3.05) is 0 Å². The molecular weight excluding hydrogens is 334 g/mol. The second-order valence-electron chi connectivity index (χ2n) is 10.2. The van der Waals surface area contributed by atoms with Gasteiger partial charge in [-0.15, -0.1) is 0 Å². The molecule has 5 unspecified atom stereocenters. The van der Waals surface area contributed by atoms with Crippen LogP contribution in [0.4, 0.5) is 0 Å². The van der Waals surface area contributed by atoms with Crippen molar-refractivity contribution in [3.05, 3.63) is 0 Å². The van der Waals surface area contributed by atoms with Crippen molar-refractivity contribution in [1.29, 1.82) is 0 Å². The highest BCUT2D eigenvalue weighted by Crippen LogP contribution is 2.90. The van der Waals surface area contributed by atoms with Crippen LogP contribution in [-0.4, -0.2) is 5.16 Å². The maximum Gasteiger partial charge on any atom is 0.259 e. The second kappa shape index (κ2) is 3.39. The lowest BCUT2D eigenvalue weighted by Gasteiger charge is -2.85. The van der Waals surface area contributed by atoms with E-state index in [1.807, 2.05) is 0 Å². The largest absolute Gasteiger partial charge is 0.289 e. The molecule has 10 saturated carbocycles. The van der Waals surface area contributed by atoms with Crippen molar-refractivity contribution in [3.63, 3.8) is 0 Å². The van der Waals surface area contributed by atoms with E-state index in [1.54, 1.807) is 0 Å². The van der Waals surface area contributed by atoms with E-state index in [0.717, 1.165) is 72.5 Å². The first-order valence-corrected chi connectivity index (χ1v) is 13.0. The lowest BCUT2D eigenvalue weighted by atomic mass is 9.21. The van der Waals surface area contributed by atoms with E-state index < -0.39 is 5.85 Å². The number of hydrogen-bond acceptors (Lipinski definition) is 1. The molecule has 0 aliphatic heterocycles. The second-order valence-corrected chi connectivity index (χ2v) is 15.5. The lowest BCUT2D eigenvalue weighted by molar-refractivity contribution is -0.348. The summed E-state index contributed by atoms with van der Waals surface area (Å²) in [6.07, 6.45) is 9.33. The zero-order valence-electron chi connectivity index (χ0n) is 12.8. The van der Waals surface area contributed by atoms with E-state index in [4.69, 9.17) is 22.5 Å². The molecule has 10 aliphatic rings. The Labute approximate surface area is 141 Å². The summed E-state index contributed by atoms with van der Waals surface area (Å²) >= 11 is 12.9. The van der Waals surface area contributed by atoms with Gasteiger partial charge in [0.1, 0.15) is 0 Å². The van der Waals surface area contributed by atoms with Gasteiger partial charge in [-0.2, -0.15) is 0 Å². The molecule has 0 radical (unpaired) electrons. The van der Waals surface area contributed by atoms with Crippen LogP contribution in [0.25, 0.3) is 0 Å². The van der Waals surface area contributed by atoms with Crippen LogP contribution in [0.5, 0.6) is 0 Å². The van der Waals surface area contributed by atoms with Crippen molar-refractivity contribution >= 4 is 28.3 Å². The molecular formula is C18H23Cl2OP. The highest BCUT2D eigenvalue weighted by atomic mass is 35.9. The van der Waals surface area contributed by atoms with Crippen molar-refractivity contribution in [2.24, 2.45) is 58.7 Å². The molecule has 0 aromatic carbocycles. The SMILES string of the molecule is O=P(Cl)(Cl)[C@@]12C[C@@H]3C4CC5CC3[C@]3(C1)C1CC(C1)C5C3[C@H]4C2. The molecule has 120 valence electrons. The minimum absolute atomic E-state index is 0.188. The number of hydrogen-bond donors (Lipinski definition) is 0. The van der Waals surface area contributed by atoms with Gasteiger partial charge in [0.15, 0.2) is 0 Å². The third-order valence-electron chi connectivity index (χ3n) is 10.4. The summed E-state index contributed by atoms with van der Waals surface area (Å²) in [5.74, 6) is 5.59. The van der Waals surface area contributed by atoms with Crippen LogP contribution in [0.2, 0.25) is 0 Å². The molecule has 10 fully saturated rings. The van der Waals surface area contributed by atoms with Crippen molar-refractivity contribution in [2.45, 2.75) is 50.1 Å². The molecule has 0 N–H and O–H groups in total. The van der Waals surface area contributed by atoms with Gasteiger partial charge >= 0.3 is 0 Å². The van der Waals surface area contributed by atoms with Gasteiger partial charge in [0.2, 0.25) is 0 Å². The van der Waals surface area contributed by atoms with Gasteiger partial charge in [0.25, 0.3) is 5.85 Å². The smallest absolute Gasteiger partial charge is 0.259 e. The van der Waals surface area contributed by atoms with Gasteiger partial charge in [0, 0.05) is 0 Å². The van der Waals surface area contributed by atoms with Crippen LogP contribution in [0, 0.1) is 58.7 Å². The van der Waals surface area contributed by atoms with E-state index in [2.05, 4.69) is 0 Å². The topological polar surface area (TPSA) is 17.1 Å². The average molecular weight is 357 g/mol. The molecule has 11 bridgehead atoms. The minimum atomic E-state index is -3.03. The van der Waals surface area contributed by atoms with Gasteiger partial charge in [-0.3, -0.25) is 4.57 Å². The van der Waals surface area contributed by atoms with Crippen molar-refractivity contribution in [1.82, 2.24) is 0 Å². The molecule has 10 aliphatic carbocycles. The lowest BCUT2D eigenvalue weighted by Crippen LogP contribution is -2.79. The summed E-state index contributed by atoms with van der Waals surface area (Å²) in [6, 6.07) is 0. The van der Waals surface area contributed by atoms with Crippen LogP contribution in [0.3, 0.4) is 0 Å². The molecule has 10 rings (SSSR count). The Hall–Kier alpha value is 0.810. The normalized spacial score (nSPS) is 71.8. The Bertz CT molecular complexity index is 653. The molecule has 0 heterocycles. The minimum Gasteiger partial charge on any atom is -0.289 e. The zero-order chi connectivity index (χ0) is 14.6. The number of halogens is 2. The molecule has 1 spiro atoms. The molecule has 9 atom stereocenters. The molecule has 0 aromatic rings. The molecule has 0 saturated heterocycles. The average Bonchev–Trinajstić information content (AvgIpc) is 2.41. The van der Waals surface area contributed by atoms with E-state index in [9.17, 15) is 4.57 Å². The predicted octanol–water partition coefficient (Wildman–Crippen LogP) is 5.75. The zero-order valence-corrected chi connectivity index (χ0v) is 15.2. The molecule has 0 amide bonds. The summed E-state index contributed by atoms with van der Waals surface area (Å²) in [6.45, 7) is 0. The van der Waals surface area contributed by atoms with Crippen LogP contribution in [0.1, 0.15) is 44.9 Å². The Morgan fingerprint density at radius 2 is 1.64 bits per heavy atom. The molecule has 1 nitrogen and oxygen atoms in total. The maximum atomic E-state index is 12.9. The fraction of sp³-hybridized carbons (Fsp3) is 1.00. The van der Waals surface area contributed by atoms with E-state index in [1.165, 1.54) is 25.7 Å². The van der Waals surface area contributed by atoms with Crippen LogP contribution < -0.4 is 0 Å². The van der Waals surface area contributed by atoms with Gasteiger partial charge in [-0.1, -0.05) is 0 Å². The van der Waals surface area contributed by atoms with Crippen LogP contribution >= 0.6 is 28.3 Å². The first-order valence-electron chi connectivity index (χ1n) is 9.44. The maximum absolute atomic E-state index is 12.9. The Balaban J connectivity index is 1.51. The highest BCUT2D eigenvalue weighted by molar-refractivity contribution is 8.09. The van der Waals surface area contributed by atoms with E-state index in [-0.39, 0.29) is 5.16 Å². The summed E-state index contributed by atoms with van der Waals surface area (Å²) in [7, 11) is 0. The Kier molecular flexibility index (Phi) is 2.01. The monoisotopic (exact) mass is 356 g/mol. The predicted molar refractivity (Wildman–Crippen MR) is 88.2 cm³/mol. The summed E-state index contributed by atoms with van der Waals surface area (Å²) in [4.78, 5) is 0. The highest BCUT2D eigenvalue weighted by Gasteiger charge is 2.82.